The maximum atomic E-state index is 12.2. The standard InChI is InChI=1S/C21H18N4O/c1-24-18-9-5-3-7-16(18)22-20(24)13-11-15(26)12-14-21-23-17-8-4-6-10-19(17)25(21)2/h3-14H,1-2H3/b13-11+,14-12+. The number of aromatic nitrogens is 4. The summed E-state index contributed by atoms with van der Waals surface area (Å²) in [4.78, 5) is 21.3. The smallest absolute Gasteiger partial charge is 0.178 e. The predicted molar refractivity (Wildman–Crippen MR) is 105 cm³/mol. The van der Waals surface area contributed by atoms with Crippen LogP contribution in [0, 0.1) is 0 Å². The number of hydrogen-bond donors (Lipinski definition) is 0. The predicted octanol–water partition coefficient (Wildman–Crippen LogP) is 3.76. The molecule has 0 aliphatic carbocycles. The van der Waals surface area contributed by atoms with Crippen LogP contribution in [0.5, 0.6) is 0 Å². The number of allylic oxidation sites excluding steroid dienone is 2. The van der Waals surface area contributed by atoms with Crippen molar-refractivity contribution in [1.82, 2.24) is 19.1 Å². The van der Waals surface area contributed by atoms with Gasteiger partial charge in [-0.25, -0.2) is 9.97 Å². The van der Waals surface area contributed by atoms with E-state index in [1.807, 2.05) is 71.8 Å². The fourth-order valence-electron chi connectivity index (χ4n) is 3.00. The quantitative estimate of drug-likeness (QED) is 0.531. The van der Waals surface area contributed by atoms with Gasteiger partial charge in [0.05, 0.1) is 22.1 Å². The van der Waals surface area contributed by atoms with Crippen molar-refractivity contribution in [2.24, 2.45) is 14.1 Å². The van der Waals surface area contributed by atoms with Crippen molar-refractivity contribution in [2.45, 2.75) is 0 Å². The molecule has 4 aromatic rings. The average molecular weight is 342 g/mol. The molecule has 0 saturated carbocycles. The molecule has 0 amide bonds. The van der Waals surface area contributed by atoms with Crippen LogP contribution in [0.1, 0.15) is 11.6 Å². The Kier molecular flexibility index (Phi) is 3.97. The molecule has 0 atom stereocenters. The molecule has 0 fully saturated rings. The first-order valence-electron chi connectivity index (χ1n) is 8.36. The number of aryl methyl sites for hydroxylation is 2. The molecule has 0 spiro atoms. The molecule has 2 heterocycles. The number of rotatable bonds is 4. The molecule has 0 aliphatic heterocycles. The van der Waals surface area contributed by atoms with E-state index in [2.05, 4.69) is 9.97 Å². The Morgan fingerprint density at radius 1 is 0.769 bits per heavy atom. The third kappa shape index (κ3) is 2.84. The SMILES string of the molecule is Cn1c(/C=C/C(=O)/C=C/c2nc3ccccc3n2C)nc2ccccc21. The van der Waals surface area contributed by atoms with Crippen molar-refractivity contribution in [2.75, 3.05) is 0 Å². The summed E-state index contributed by atoms with van der Waals surface area (Å²) in [6.45, 7) is 0. The summed E-state index contributed by atoms with van der Waals surface area (Å²) in [6, 6.07) is 15.8. The molecule has 0 N–H and O–H groups in total. The number of ketones is 1. The molecule has 4 rings (SSSR count). The van der Waals surface area contributed by atoms with Crippen LogP contribution in [0.25, 0.3) is 34.2 Å². The third-order valence-corrected chi connectivity index (χ3v) is 4.44. The minimum absolute atomic E-state index is 0.107. The zero-order valence-electron chi connectivity index (χ0n) is 14.6. The van der Waals surface area contributed by atoms with E-state index in [0.29, 0.717) is 0 Å². The summed E-state index contributed by atoms with van der Waals surface area (Å²) in [5, 5.41) is 0. The van der Waals surface area contributed by atoms with Gasteiger partial charge in [-0.05, 0) is 48.6 Å². The van der Waals surface area contributed by atoms with Crippen molar-refractivity contribution in [3.8, 4) is 0 Å². The van der Waals surface area contributed by atoms with E-state index in [1.54, 1.807) is 12.2 Å². The van der Waals surface area contributed by atoms with Crippen LogP contribution in [-0.4, -0.2) is 24.9 Å². The number of hydrogen-bond acceptors (Lipinski definition) is 3. The number of nitrogens with zero attached hydrogens (tertiary/aromatic N) is 4. The molecule has 2 aromatic carbocycles. The van der Waals surface area contributed by atoms with Gasteiger partial charge in [-0.1, -0.05) is 24.3 Å². The van der Waals surface area contributed by atoms with Gasteiger partial charge in [0, 0.05) is 14.1 Å². The number of imidazole rings is 2. The molecule has 0 radical (unpaired) electrons. The van der Waals surface area contributed by atoms with E-state index in [-0.39, 0.29) is 5.78 Å². The van der Waals surface area contributed by atoms with Gasteiger partial charge in [0.15, 0.2) is 5.78 Å². The maximum absolute atomic E-state index is 12.2. The summed E-state index contributed by atoms with van der Waals surface area (Å²) >= 11 is 0. The lowest BCUT2D eigenvalue weighted by molar-refractivity contribution is -0.110. The van der Waals surface area contributed by atoms with Crippen molar-refractivity contribution >= 4 is 40.0 Å². The molecular formula is C21H18N4O. The normalized spacial score (nSPS) is 12.1. The molecule has 5 nitrogen and oxygen atoms in total. The van der Waals surface area contributed by atoms with Crippen LogP contribution >= 0.6 is 0 Å². The van der Waals surface area contributed by atoms with Gasteiger partial charge in [-0.2, -0.15) is 0 Å². The molecule has 0 unspecified atom stereocenters. The number of carbonyl (C=O) groups is 1. The van der Waals surface area contributed by atoms with Crippen LogP contribution in [0.4, 0.5) is 0 Å². The molecular weight excluding hydrogens is 324 g/mol. The fraction of sp³-hybridized carbons (Fsp3) is 0.0952. The number of para-hydroxylation sites is 4. The molecule has 0 bridgehead atoms. The molecule has 0 aliphatic rings. The molecule has 26 heavy (non-hydrogen) atoms. The monoisotopic (exact) mass is 342 g/mol. The van der Waals surface area contributed by atoms with E-state index >= 15 is 0 Å². The maximum Gasteiger partial charge on any atom is 0.178 e. The minimum atomic E-state index is -0.107. The molecule has 5 heteroatoms. The first-order valence-corrected chi connectivity index (χ1v) is 8.36. The topological polar surface area (TPSA) is 52.7 Å². The Bertz CT molecular complexity index is 1090. The van der Waals surface area contributed by atoms with Gasteiger partial charge >= 0.3 is 0 Å². The van der Waals surface area contributed by atoms with Gasteiger partial charge in [0.2, 0.25) is 0 Å². The van der Waals surface area contributed by atoms with Crippen molar-refractivity contribution in [3.05, 3.63) is 72.3 Å². The lowest BCUT2D eigenvalue weighted by Gasteiger charge is -1.96. The highest BCUT2D eigenvalue weighted by Gasteiger charge is 2.05. The minimum Gasteiger partial charge on any atom is -0.328 e. The van der Waals surface area contributed by atoms with Crippen LogP contribution in [0.15, 0.2) is 60.7 Å². The van der Waals surface area contributed by atoms with Crippen LogP contribution in [-0.2, 0) is 18.9 Å². The van der Waals surface area contributed by atoms with Gasteiger partial charge in [0.25, 0.3) is 0 Å². The summed E-state index contributed by atoms with van der Waals surface area (Å²) in [5.74, 6) is 1.38. The number of benzene rings is 2. The van der Waals surface area contributed by atoms with E-state index in [0.717, 1.165) is 33.7 Å². The lowest BCUT2D eigenvalue weighted by atomic mass is 10.3. The van der Waals surface area contributed by atoms with Crippen molar-refractivity contribution in [3.63, 3.8) is 0 Å². The second kappa shape index (κ2) is 6.44. The van der Waals surface area contributed by atoms with Crippen LogP contribution in [0.3, 0.4) is 0 Å². The summed E-state index contributed by atoms with van der Waals surface area (Å²) in [5.41, 5.74) is 3.90. The molecule has 0 saturated heterocycles. The van der Waals surface area contributed by atoms with Crippen LogP contribution in [0.2, 0.25) is 0 Å². The summed E-state index contributed by atoms with van der Waals surface area (Å²) in [6.07, 6.45) is 6.53. The first-order chi connectivity index (χ1) is 12.6. The number of carbonyl (C=O) groups excluding carboxylic acids is 1. The summed E-state index contributed by atoms with van der Waals surface area (Å²) < 4.78 is 3.93. The fourth-order valence-corrected chi connectivity index (χ4v) is 3.00. The molecule has 2 aromatic heterocycles. The van der Waals surface area contributed by atoms with E-state index in [1.165, 1.54) is 12.2 Å². The first kappa shape index (κ1) is 16.0. The Labute approximate surface area is 150 Å². The van der Waals surface area contributed by atoms with E-state index in [4.69, 9.17) is 0 Å². The van der Waals surface area contributed by atoms with Crippen molar-refractivity contribution < 1.29 is 4.79 Å². The highest BCUT2D eigenvalue weighted by molar-refractivity contribution is 6.04. The van der Waals surface area contributed by atoms with Gasteiger partial charge in [0.1, 0.15) is 11.6 Å². The zero-order valence-corrected chi connectivity index (χ0v) is 14.6. The van der Waals surface area contributed by atoms with Gasteiger partial charge in [-0.3, -0.25) is 4.79 Å². The second-order valence-electron chi connectivity index (χ2n) is 6.10. The Morgan fingerprint density at radius 3 is 1.62 bits per heavy atom. The number of fused-ring (bicyclic) bond motifs is 2. The Hall–Kier alpha value is -3.47. The largest absolute Gasteiger partial charge is 0.328 e. The average Bonchev–Trinajstić information content (AvgIpc) is 3.16. The van der Waals surface area contributed by atoms with E-state index < -0.39 is 0 Å². The lowest BCUT2D eigenvalue weighted by Crippen LogP contribution is -1.94. The zero-order chi connectivity index (χ0) is 18.1. The Morgan fingerprint density at radius 2 is 1.19 bits per heavy atom. The van der Waals surface area contributed by atoms with Gasteiger partial charge in [-0.15, -0.1) is 0 Å². The second-order valence-corrected chi connectivity index (χ2v) is 6.10. The van der Waals surface area contributed by atoms with Crippen LogP contribution < -0.4 is 0 Å². The van der Waals surface area contributed by atoms with Crippen molar-refractivity contribution in [1.29, 1.82) is 0 Å². The third-order valence-electron chi connectivity index (χ3n) is 4.44. The Balaban J connectivity index is 1.55. The molecule has 128 valence electrons. The summed E-state index contributed by atoms with van der Waals surface area (Å²) in [7, 11) is 3.88. The highest BCUT2D eigenvalue weighted by atomic mass is 16.1. The van der Waals surface area contributed by atoms with E-state index in [9.17, 15) is 4.79 Å². The van der Waals surface area contributed by atoms with Gasteiger partial charge < -0.3 is 9.13 Å². The highest BCUT2D eigenvalue weighted by Crippen LogP contribution is 2.16.